The Morgan fingerprint density at radius 2 is 1.44 bits per heavy atom. The fraction of sp³-hybridized carbons (Fsp3) is 0.133. The third-order valence-electron chi connectivity index (χ3n) is 6.53. The quantitative estimate of drug-likeness (QED) is 0.366. The van der Waals surface area contributed by atoms with Crippen LogP contribution in [0.1, 0.15) is 27.8 Å². The smallest absolute Gasteiger partial charge is 0.282 e. The van der Waals surface area contributed by atoms with Crippen molar-refractivity contribution >= 4 is 39.5 Å². The Bertz CT molecular complexity index is 1510. The SMILES string of the molecule is Cc1ccc(C2=C(Nc3cccc4ccccc34)C(=O)N(c3ccc(C)c(C)c3)C2=O)c(C)c1. The first-order valence-electron chi connectivity index (χ1n) is 11.4. The van der Waals surface area contributed by atoms with Crippen LogP contribution in [0, 0.1) is 27.7 Å². The molecule has 4 nitrogen and oxygen atoms in total. The lowest BCUT2D eigenvalue weighted by Crippen LogP contribution is -2.32. The molecule has 1 N–H and O–H groups in total. The number of carbonyl (C=O) groups excluding carboxylic acids is 2. The van der Waals surface area contributed by atoms with Gasteiger partial charge in [-0.3, -0.25) is 9.59 Å². The van der Waals surface area contributed by atoms with Crippen LogP contribution in [0.3, 0.4) is 0 Å². The average Bonchev–Trinajstić information content (AvgIpc) is 3.05. The molecule has 0 bridgehead atoms. The monoisotopic (exact) mass is 446 g/mol. The summed E-state index contributed by atoms with van der Waals surface area (Å²) in [6, 6.07) is 25.5. The molecule has 1 heterocycles. The van der Waals surface area contributed by atoms with Crippen LogP contribution in [-0.2, 0) is 9.59 Å². The van der Waals surface area contributed by atoms with Gasteiger partial charge in [0.25, 0.3) is 11.8 Å². The van der Waals surface area contributed by atoms with E-state index in [4.69, 9.17) is 0 Å². The Kier molecular flexibility index (Phi) is 5.29. The summed E-state index contributed by atoms with van der Waals surface area (Å²) in [6.07, 6.45) is 0. The molecule has 0 fully saturated rings. The first-order valence-corrected chi connectivity index (χ1v) is 11.4. The predicted octanol–water partition coefficient (Wildman–Crippen LogP) is 6.47. The van der Waals surface area contributed by atoms with Crippen LogP contribution < -0.4 is 10.2 Å². The summed E-state index contributed by atoms with van der Waals surface area (Å²) in [6.45, 7) is 7.99. The maximum Gasteiger partial charge on any atom is 0.282 e. The van der Waals surface area contributed by atoms with Crippen LogP contribution in [-0.4, -0.2) is 11.8 Å². The zero-order chi connectivity index (χ0) is 24.0. The highest BCUT2D eigenvalue weighted by Crippen LogP contribution is 2.37. The van der Waals surface area contributed by atoms with Gasteiger partial charge in [0.15, 0.2) is 0 Å². The molecule has 0 aromatic heterocycles. The molecule has 0 saturated carbocycles. The number of benzene rings is 4. The summed E-state index contributed by atoms with van der Waals surface area (Å²) >= 11 is 0. The number of nitrogens with zero attached hydrogens (tertiary/aromatic N) is 1. The Labute approximate surface area is 199 Å². The van der Waals surface area contributed by atoms with Crippen molar-refractivity contribution in [2.75, 3.05) is 10.2 Å². The van der Waals surface area contributed by atoms with E-state index >= 15 is 0 Å². The zero-order valence-corrected chi connectivity index (χ0v) is 19.8. The maximum absolute atomic E-state index is 13.8. The van der Waals surface area contributed by atoms with E-state index in [1.165, 1.54) is 4.90 Å². The Balaban J connectivity index is 1.69. The van der Waals surface area contributed by atoms with Crippen molar-refractivity contribution in [1.82, 2.24) is 0 Å². The van der Waals surface area contributed by atoms with Gasteiger partial charge in [0.05, 0.1) is 11.3 Å². The molecule has 4 heteroatoms. The molecule has 0 atom stereocenters. The highest BCUT2D eigenvalue weighted by atomic mass is 16.2. The number of hydrogen-bond acceptors (Lipinski definition) is 3. The van der Waals surface area contributed by atoms with Crippen molar-refractivity contribution < 1.29 is 9.59 Å². The molecule has 0 radical (unpaired) electrons. The molecule has 168 valence electrons. The second-order valence-electron chi connectivity index (χ2n) is 8.93. The second kappa shape index (κ2) is 8.31. The van der Waals surface area contributed by atoms with Crippen molar-refractivity contribution in [3.8, 4) is 0 Å². The zero-order valence-electron chi connectivity index (χ0n) is 19.8. The molecular formula is C30H26N2O2. The lowest BCUT2D eigenvalue weighted by atomic mass is 9.97. The molecule has 0 saturated heterocycles. The number of amides is 2. The van der Waals surface area contributed by atoms with Crippen molar-refractivity contribution in [2.45, 2.75) is 27.7 Å². The minimum absolute atomic E-state index is 0.298. The first kappa shape index (κ1) is 21.7. The van der Waals surface area contributed by atoms with E-state index in [0.717, 1.165) is 44.3 Å². The van der Waals surface area contributed by atoms with E-state index in [2.05, 4.69) is 5.32 Å². The number of carbonyl (C=O) groups is 2. The van der Waals surface area contributed by atoms with Gasteiger partial charge < -0.3 is 5.32 Å². The maximum atomic E-state index is 13.8. The van der Waals surface area contributed by atoms with E-state index in [-0.39, 0.29) is 11.8 Å². The van der Waals surface area contributed by atoms with Crippen molar-refractivity contribution in [2.24, 2.45) is 0 Å². The van der Waals surface area contributed by atoms with E-state index in [1.807, 2.05) is 107 Å². The summed E-state index contributed by atoms with van der Waals surface area (Å²) in [7, 11) is 0. The highest BCUT2D eigenvalue weighted by Gasteiger charge is 2.41. The Morgan fingerprint density at radius 1 is 0.676 bits per heavy atom. The number of aryl methyl sites for hydroxylation is 4. The summed E-state index contributed by atoms with van der Waals surface area (Å²) in [4.78, 5) is 28.9. The van der Waals surface area contributed by atoms with Gasteiger partial charge >= 0.3 is 0 Å². The largest absolute Gasteiger partial charge is 0.350 e. The number of imide groups is 1. The summed E-state index contributed by atoms with van der Waals surface area (Å²) in [5.41, 5.74) is 7.02. The van der Waals surface area contributed by atoms with Gasteiger partial charge in [-0.2, -0.15) is 0 Å². The third kappa shape index (κ3) is 3.57. The third-order valence-corrected chi connectivity index (χ3v) is 6.53. The van der Waals surface area contributed by atoms with Crippen LogP contribution in [0.4, 0.5) is 11.4 Å². The normalized spacial score (nSPS) is 13.8. The van der Waals surface area contributed by atoms with E-state index in [1.54, 1.807) is 0 Å². The molecule has 0 spiro atoms. The van der Waals surface area contributed by atoms with E-state index in [0.29, 0.717) is 17.0 Å². The van der Waals surface area contributed by atoms with Crippen molar-refractivity contribution in [3.63, 3.8) is 0 Å². The van der Waals surface area contributed by atoms with Gasteiger partial charge in [-0.15, -0.1) is 0 Å². The number of anilines is 2. The standard InChI is InChI=1S/C30H26N2O2/c1-18-12-15-24(21(4)16-18)27-28(31-26-11-7-9-22-8-5-6-10-25(22)26)30(34)32(29(27)33)23-14-13-19(2)20(3)17-23/h5-17,31H,1-4H3. The van der Waals surface area contributed by atoms with Crippen LogP contribution >= 0.6 is 0 Å². The minimum Gasteiger partial charge on any atom is -0.350 e. The number of hydrogen-bond donors (Lipinski definition) is 1. The second-order valence-corrected chi connectivity index (χ2v) is 8.93. The molecule has 1 aliphatic heterocycles. The molecule has 34 heavy (non-hydrogen) atoms. The van der Waals surface area contributed by atoms with Gasteiger partial charge in [0.2, 0.25) is 0 Å². The molecular weight excluding hydrogens is 420 g/mol. The van der Waals surface area contributed by atoms with Gasteiger partial charge in [-0.05, 0) is 73.5 Å². The summed E-state index contributed by atoms with van der Waals surface area (Å²) in [5.74, 6) is -0.667. The van der Waals surface area contributed by atoms with Crippen LogP contribution in [0.5, 0.6) is 0 Å². The summed E-state index contributed by atoms with van der Waals surface area (Å²) in [5, 5.41) is 5.40. The average molecular weight is 447 g/mol. The van der Waals surface area contributed by atoms with E-state index < -0.39 is 0 Å². The number of fused-ring (bicyclic) bond motifs is 1. The Morgan fingerprint density at radius 3 is 2.21 bits per heavy atom. The lowest BCUT2D eigenvalue weighted by Gasteiger charge is -2.17. The first-order chi connectivity index (χ1) is 16.3. The summed E-state index contributed by atoms with van der Waals surface area (Å²) < 4.78 is 0. The Hall–Kier alpha value is -4.18. The number of rotatable bonds is 4. The molecule has 0 unspecified atom stereocenters. The minimum atomic E-state index is -0.351. The lowest BCUT2D eigenvalue weighted by molar-refractivity contribution is -0.120. The van der Waals surface area contributed by atoms with Gasteiger partial charge in [0, 0.05) is 11.1 Å². The predicted molar refractivity (Wildman–Crippen MR) is 139 cm³/mol. The van der Waals surface area contributed by atoms with Gasteiger partial charge in [-0.25, -0.2) is 4.90 Å². The molecule has 0 aliphatic carbocycles. The van der Waals surface area contributed by atoms with Gasteiger partial charge in [0.1, 0.15) is 5.70 Å². The highest BCUT2D eigenvalue weighted by molar-refractivity contribution is 6.46. The molecule has 2 amide bonds. The molecule has 4 aromatic rings. The fourth-order valence-corrected chi connectivity index (χ4v) is 4.56. The molecule has 4 aromatic carbocycles. The fourth-order valence-electron chi connectivity index (χ4n) is 4.56. The van der Waals surface area contributed by atoms with Crippen LogP contribution in [0.25, 0.3) is 16.3 Å². The van der Waals surface area contributed by atoms with Crippen molar-refractivity contribution in [1.29, 1.82) is 0 Å². The topological polar surface area (TPSA) is 49.4 Å². The molecule has 5 rings (SSSR count). The number of nitrogens with one attached hydrogen (secondary N) is 1. The van der Waals surface area contributed by atoms with Gasteiger partial charge in [-0.1, -0.05) is 66.2 Å². The van der Waals surface area contributed by atoms with Crippen LogP contribution in [0.15, 0.2) is 84.6 Å². The molecule has 1 aliphatic rings. The van der Waals surface area contributed by atoms with Crippen LogP contribution in [0.2, 0.25) is 0 Å². The van der Waals surface area contributed by atoms with Crippen molar-refractivity contribution in [3.05, 3.63) is 112 Å². The van der Waals surface area contributed by atoms with E-state index in [9.17, 15) is 9.59 Å².